The van der Waals surface area contributed by atoms with Gasteiger partial charge in [-0.2, -0.15) is 4.91 Å². The van der Waals surface area contributed by atoms with Gasteiger partial charge in [-0.1, -0.05) is 19.0 Å². The molecule has 4 heteroatoms. The first-order valence-corrected chi connectivity index (χ1v) is 3.90. The molecule has 0 amide bonds. The first-order valence-electron chi connectivity index (χ1n) is 3.90. The third-order valence-corrected chi connectivity index (χ3v) is 1.91. The summed E-state index contributed by atoms with van der Waals surface area (Å²) < 4.78 is 0. The third kappa shape index (κ3) is 2.55. The van der Waals surface area contributed by atoms with E-state index in [4.69, 9.17) is 0 Å². The Kier molecular flexibility index (Phi) is 2.57. The normalized spacial score (nSPS) is 24.9. The molecule has 1 fully saturated rings. The van der Waals surface area contributed by atoms with Gasteiger partial charge in [0, 0.05) is 13.1 Å². The molecule has 1 saturated heterocycles. The molecular weight excluding hydrogens is 142 g/mol. The van der Waals surface area contributed by atoms with Gasteiger partial charge in [0.05, 0.1) is 6.17 Å². The Balaban J connectivity index is 2.30. The van der Waals surface area contributed by atoms with Crippen molar-refractivity contribution in [1.29, 1.82) is 0 Å². The van der Waals surface area contributed by atoms with Crippen molar-refractivity contribution in [3.63, 3.8) is 0 Å². The summed E-state index contributed by atoms with van der Waals surface area (Å²) in [5.41, 5.74) is 0.291. The molecule has 0 saturated carbocycles. The van der Waals surface area contributed by atoms with Crippen molar-refractivity contribution >= 4 is 0 Å². The van der Waals surface area contributed by atoms with Gasteiger partial charge in [-0.05, 0) is 5.41 Å². The van der Waals surface area contributed by atoms with Crippen LogP contribution in [0.25, 0.3) is 0 Å². The summed E-state index contributed by atoms with van der Waals surface area (Å²) in [5.74, 6) is 0. The van der Waals surface area contributed by atoms with Crippen molar-refractivity contribution in [2.75, 3.05) is 19.6 Å². The highest BCUT2D eigenvalue weighted by atomic mass is 16.3. The van der Waals surface area contributed by atoms with Gasteiger partial charge in [0.2, 0.25) is 0 Å². The van der Waals surface area contributed by atoms with Crippen LogP contribution in [0.3, 0.4) is 0 Å². The van der Waals surface area contributed by atoms with E-state index in [9.17, 15) is 4.91 Å². The van der Waals surface area contributed by atoms with Gasteiger partial charge in [0.15, 0.2) is 0 Å². The monoisotopic (exact) mass is 157 g/mol. The Morgan fingerprint density at radius 1 is 1.45 bits per heavy atom. The second kappa shape index (κ2) is 3.28. The quantitative estimate of drug-likeness (QED) is 0.567. The van der Waals surface area contributed by atoms with Gasteiger partial charge in [0.1, 0.15) is 6.54 Å². The molecule has 0 aromatic carbocycles. The number of rotatable bonds is 2. The van der Waals surface area contributed by atoms with Crippen LogP contribution in [0.4, 0.5) is 0 Å². The van der Waals surface area contributed by atoms with E-state index in [1.807, 2.05) is 0 Å². The van der Waals surface area contributed by atoms with E-state index in [0.29, 0.717) is 12.0 Å². The molecule has 0 aliphatic carbocycles. The summed E-state index contributed by atoms with van der Waals surface area (Å²) in [7, 11) is 0. The summed E-state index contributed by atoms with van der Waals surface area (Å²) in [6, 6.07) is 0. The average Bonchev–Trinajstić information content (AvgIpc) is 1.94. The maximum Gasteiger partial charge on any atom is 0.110 e. The highest BCUT2D eigenvalue weighted by Gasteiger charge is 2.25. The summed E-state index contributed by atoms with van der Waals surface area (Å²) in [6.07, 6.45) is 0.0838. The van der Waals surface area contributed by atoms with E-state index in [-0.39, 0.29) is 6.17 Å². The second-order valence-electron chi connectivity index (χ2n) is 3.79. The van der Waals surface area contributed by atoms with Crippen molar-refractivity contribution < 1.29 is 0 Å². The molecule has 0 aromatic rings. The molecule has 0 aromatic heterocycles. The van der Waals surface area contributed by atoms with Crippen LogP contribution in [0.1, 0.15) is 13.8 Å². The first-order chi connectivity index (χ1) is 5.14. The van der Waals surface area contributed by atoms with Crippen LogP contribution in [0, 0.1) is 10.3 Å². The number of hydrogen-bond donors (Lipinski definition) is 2. The van der Waals surface area contributed by atoms with Gasteiger partial charge in [-0.15, -0.1) is 0 Å². The number of nitroso groups, excluding NO2 is 1. The molecule has 0 radical (unpaired) electrons. The van der Waals surface area contributed by atoms with Crippen molar-refractivity contribution in [3.05, 3.63) is 4.91 Å². The Hall–Kier alpha value is -0.480. The predicted octanol–water partition coefficient (Wildman–Crippen LogP) is 0.298. The lowest BCUT2D eigenvalue weighted by atomic mass is 9.91. The van der Waals surface area contributed by atoms with Gasteiger partial charge < -0.3 is 0 Å². The van der Waals surface area contributed by atoms with Gasteiger partial charge in [-0.3, -0.25) is 10.6 Å². The topological polar surface area (TPSA) is 53.5 Å². The SMILES string of the molecule is CC1(C)CNC(CN=O)NC1. The fourth-order valence-corrected chi connectivity index (χ4v) is 1.14. The Bertz CT molecular complexity index is 137. The molecule has 0 spiro atoms. The zero-order valence-corrected chi connectivity index (χ0v) is 7.05. The number of hydrogen-bond acceptors (Lipinski definition) is 4. The molecule has 4 nitrogen and oxygen atoms in total. The van der Waals surface area contributed by atoms with Crippen molar-refractivity contribution in [1.82, 2.24) is 10.6 Å². The molecule has 1 aliphatic rings. The second-order valence-corrected chi connectivity index (χ2v) is 3.79. The van der Waals surface area contributed by atoms with Crippen LogP contribution in [0.5, 0.6) is 0 Å². The lowest BCUT2D eigenvalue weighted by Crippen LogP contribution is -2.57. The molecule has 0 atom stereocenters. The molecule has 1 rings (SSSR count). The van der Waals surface area contributed by atoms with E-state index in [1.165, 1.54) is 0 Å². The molecule has 0 bridgehead atoms. The largest absolute Gasteiger partial charge is 0.300 e. The van der Waals surface area contributed by atoms with E-state index >= 15 is 0 Å². The molecule has 2 N–H and O–H groups in total. The summed E-state index contributed by atoms with van der Waals surface area (Å²) >= 11 is 0. The van der Waals surface area contributed by atoms with Crippen LogP contribution in [-0.2, 0) is 0 Å². The average molecular weight is 157 g/mol. The van der Waals surface area contributed by atoms with Crippen LogP contribution in [-0.4, -0.2) is 25.8 Å². The highest BCUT2D eigenvalue weighted by molar-refractivity contribution is 4.83. The van der Waals surface area contributed by atoms with Gasteiger partial charge >= 0.3 is 0 Å². The summed E-state index contributed by atoms with van der Waals surface area (Å²) in [6.45, 7) is 6.56. The van der Waals surface area contributed by atoms with Gasteiger partial charge in [-0.25, -0.2) is 0 Å². The van der Waals surface area contributed by atoms with Crippen LogP contribution < -0.4 is 10.6 Å². The lowest BCUT2D eigenvalue weighted by molar-refractivity contribution is 0.221. The standard InChI is InChI=1S/C7H15N3O/c1-7(2)4-8-6(3-10-11)9-5-7/h6,8-9H,3-5H2,1-2H3. The lowest BCUT2D eigenvalue weighted by Gasteiger charge is -2.35. The highest BCUT2D eigenvalue weighted by Crippen LogP contribution is 2.14. The zero-order chi connectivity index (χ0) is 8.32. The van der Waals surface area contributed by atoms with Crippen LogP contribution in [0.2, 0.25) is 0 Å². The van der Waals surface area contributed by atoms with Crippen molar-refractivity contribution in [3.8, 4) is 0 Å². The van der Waals surface area contributed by atoms with E-state index in [1.54, 1.807) is 0 Å². The van der Waals surface area contributed by atoms with Crippen LogP contribution >= 0.6 is 0 Å². The molecule has 1 heterocycles. The number of nitrogens with one attached hydrogen (secondary N) is 2. The van der Waals surface area contributed by atoms with E-state index in [2.05, 4.69) is 29.7 Å². The Morgan fingerprint density at radius 3 is 2.45 bits per heavy atom. The zero-order valence-electron chi connectivity index (χ0n) is 7.05. The Morgan fingerprint density at radius 2 is 2.00 bits per heavy atom. The van der Waals surface area contributed by atoms with Crippen LogP contribution in [0.15, 0.2) is 5.18 Å². The molecule has 64 valence electrons. The van der Waals surface area contributed by atoms with E-state index < -0.39 is 0 Å². The maximum atomic E-state index is 9.90. The van der Waals surface area contributed by atoms with Crippen molar-refractivity contribution in [2.24, 2.45) is 10.6 Å². The maximum absolute atomic E-state index is 9.90. The third-order valence-electron chi connectivity index (χ3n) is 1.91. The summed E-state index contributed by atoms with van der Waals surface area (Å²) in [4.78, 5) is 9.90. The Labute approximate surface area is 66.7 Å². The molecule has 0 unspecified atom stereocenters. The number of nitrogens with zero attached hydrogens (tertiary/aromatic N) is 1. The van der Waals surface area contributed by atoms with E-state index in [0.717, 1.165) is 13.1 Å². The molecular formula is C7H15N3O. The molecule has 11 heavy (non-hydrogen) atoms. The molecule has 1 aliphatic heterocycles. The van der Waals surface area contributed by atoms with Gasteiger partial charge in [0.25, 0.3) is 0 Å². The first kappa shape index (κ1) is 8.62. The minimum Gasteiger partial charge on any atom is -0.300 e. The fourth-order valence-electron chi connectivity index (χ4n) is 1.14. The fraction of sp³-hybridized carbons (Fsp3) is 1.00. The smallest absolute Gasteiger partial charge is 0.110 e. The summed E-state index contributed by atoms with van der Waals surface area (Å²) in [5, 5.41) is 9.24. The predicted molar refractivity (Wildman–Crippen MR) is 44.2 cm³/mol. The van der Waals surface area contributed by atoms with Crippen molar-refractivity contribution in [2.45, 2.75) is 20.0 Å². The minimum atomic E-state index is 0.0838. The minimum absolute atomic E-state index is 0.0838.